The Labute approximate surface area is 227 Å². The van der Waals surface area contributed by atoms with Gasteiger partial charge in [0, 0.05) is 24.2 Å². The van der Waals surface area contributed by atoms with Crippen molar-refractivity contribution in [3.63, 3.8) is 0 Å². The number of amides is 1. The summed E-state index contributed by atoms with van der Waals surface area (Å²) in [7, 11) is 3.22. The molecule has 0 radical (unpaired) electrons. The van der Waals surface area contributed by atoms with E-state index in [1.54, 1.807) is 49.5 Å². The second kappa shape index (κ2) is 10.9. The number of carbonyl (C=O) groups is 1. The zero-order valence-corrected chi connectivity index (χ0v) is 23.0. The number of anilines is 2. The third kappa shape index (κ3) is 5.34. The van der Waals surface area contributed by atoms with Crippen molar-refractivity contribution >= 4 is 29.0 Å². The number of rotatable bonds is 7. The van der Waals surface area contributed by atoms with Crippen molar-refractivity contribution in [3.8, 4) is 16.9 Å². The molecule has 1 saturated heterocycles. The molecule has 2 heterocycles. The van der Waals surface area contributed by atoms with Gasteiger partial charge in [0.05, 0.1) is 43.2 Å². The molecule has 1 aliphatic rings. The smallest absolute Gasteiger partial charge is 0.236 e. The van der Waals surface area contributed by atoms with Crippen LogP contribution in [0.15, 0.2) is 48.7 Å². The minimum Gasteiger partial charge on any atom is -0.497 e. The number of aryl methyl sites for hydroxylation is 1. The molecule has 1 aromatic heterocycles. The Hall–Kier alpha value is -3.20. The van der Waals surface area contributed by atoms with Crippen LogP contribution in [-0.2, 0) is 10.2 Å². The summed E-state index contributed by atoms with van der Waals surface area (Å²) in [6.45, 7) is 5.65. The van der Waals surface area contributed by atoms with E-state index in [2.05, 4.69) is 4.98 Å². The van der Waals surface area contributed by atoms with Crippen LogP contribution in [0.1, 0.15) is 31.4 Å². The van der Waals surface area contributed by atoms with Gasteiger partial charge >= 0.3 is 0 Å². The summed E-state index contributed by atoms with van der Waals surface area (Å²) < 4.78 is 19.3. The third-order valence-corrected chi connectivity index (χ3v) is 7.49. The lowest BCUT2D eigenvalue weighted by molar-refractivity contribution is -0.122. The van der Waals surface area contributed by atoms with Gasteiger partial charge in [0.1, 0.15) is 17.4 Å². The second-order valence-corrected chi connectivity index (χ2v) is 10.7. The van der Waals surface area contributed by atoms with E-state index < -0.39 is 11.5 Å². The number of methoxy groups -OCH3 is 1. The number of aromatic nitrogens is 1. The van der Waals surface area contributed by atoms with Crippen molar-refractivity contribution in [2.75, 3.05) is 37.1 Å². The Morgan fingerprint density at radius 2 is 1.97 bits per heavy atom. The number of carbonyl (C=O) groups excluding carboxylic acids is 1. The summed E-state index contributed by atoms with van der Waals surface area (Å²) in [5.74, 6) is 0.548. The average Bonchev–Trinajstić information content (AvgIpc) is 3.27. The Kier molecular flexibility index (Phi) is 7.97. The number of benzene rings is 2. The highest BCUT2D eigenvalue weighted by Gasteiger charge is 2.36. The molecule has 1 aliphatic heterocycles. The minimum atomic E-state index is -0.970. The largest absolute Gasteiger partial charge is 0.497 e. The fraction of sp³-hybridized carbons (Fsp3) is 0.379. The second-order valence-electron chi connectivity index (χ2n) is 10.3. The summed E-state index contributed by atoms with van der Waals surface area (Å²) in [5, 5.41) is 20.5. The van der Waals surface area contributed by atoms with E-state index in [-0.39, 0.29) is 24.4 Å². The number of β-amino-alcohol motifs (C(OH)–C–C–N with tert-alkyl or cyclic N) is 1. The van der Waals surface area contributed by atoms with Crippen LogP contribution < -0.4 is 14.5 Å². The molecule has 0 spiro atoms. The first kappa shape index (κ1) is 27.8. The van der Waals surface area contributed by atoms with Crippen molar-refractivity contribution in [2.45, 2.75) is 44.8 Å². The number of ether oxygens (including phenoxy) is 1. The molecular weight excluding hydrogens is 509 g/mol. The maximum atomic E-state index is 14.0. The highest BCUT2D eigenvalue weighted by Crippen LogP contribution is 2.39. The van der Waals surface area contributed by atoms with Gasteiger partial charge in [-0.1, -0.05) is 17.7 Å². The van der Waals surface area contributed by atoms with Crippen molar-refractivity contribution in [2.24, 2.45) is 0 Å². The fourth-order valence-electron chi connectivity index (χ4n) is 5.05. The molecule has 1 fully saturated rings. The first-order valence-corrected chi connectivity index (χ1v) is 12.8. The first-order chi connectivity index (χ1) is 18.0. The zero-order valence-electron chi connectivity index (χ0n) is 22.2. The number of aliphatic hydroxyl groups excluding tert-OH is 2. The summed E-state index contributed by atoms with van der Waals surface area (Å²) in [6.07, 6.45) is 1.46. The minimum absolute atomic E-state index is 0.124. The van der Waals surface area contributed by atoms with E-state index in [0.717, 1.165) is 5.56 Å². The maximum Gasteiger partial charge on any atom is 0.236 e. The van der Waals surface area contributed by atoms with Gasteiger partial charge in [0.25, 0.3) is 0 Å². The lowest BCUT2D eigenvalue weighted by Crippen LogP contribution is -2.42. The Bertz CT molecular complexity index is 1350. The number of pyridine rings is 1. The van der Waals surface area contributed by atoms with Gasteiger partial charge in [-0.15, -0.1) is 0 Å². The molecule has 9 heteroatoms. The van der Waals surface area contributed by atoms with E-state index in [9.17, 15) is 19.4 Å². The predicted molar refractivity (Wildman–Crippen MR) is 148 cm³/mol. The van der Waals surface area contributed by atoms with Crippen molar-refractivity contribution in [1.29, 1.82) is 0 Å². The Morgan fingerprint density at radius 3 is 2.63 bits per heavy atom. The van der Waals surface area contributed by atoms with Crippen molar-refractivity contribution in [3.05, 3.63) is 70.6 Å². The Balaban J connectivity index is 1.81. The monoisotopic (exact) mass is 541 g/mol. The fourth-order valence-corrected chi connectivity index (χ4v) is 5.27. The molecule has 0 bridgehead atoms. The predicted octanol–water partition coefficient (Wildman–Crippen LogP) is 4.73. The average molecular weight is 542 g/mol. The lowest BCUT2D eigenvalue weighted by atomic mass is 9.83. The molecule has 202 valence electrons. The van der Waals surface area contributed by atoms with E-state index in [4.69, 9.17) is 16.3 Å². The Morgan fingerprint density at radius 1 is 1.24 bits per heavy atom. The summed E-state index contributed by atoms with van der Waals surface area (Å²) in [4.78, 5) is 22.0. The quantitative estimate of drug-likeness (QED) is 0.450. The molecule has 38 heavy (non-hydrogen) atoms. The molecule has 7 nitrogen and oxygen atoms in total. The molecule has 2 unspecified atom stereocenters. The molecule has 2 aromatic carbocycles. The maximum absolute atomic E-state index is 14.0. The molecule has 1 amide bonds. The first-order valence-electron chi connectivity index (χ1n) is 12.4. The molecule has 0 aliphatic carbocycles. The van der Waals surface area contributed by atoms with Gasteiger partial charge in [-0.3, -0.25) is 4.79 Å². The number of likely N-dealkylation sites (N-methyl/N-ethyl adjacent to an activating group) is 1. The molecule has 4 rings (SSSR count). The standard InChI is InChI=1S/C29H33ClFN3O4/c1-17-8-20(31)6-7-24(17)25-13-27(34-15-22(36)12-21(34)16-35)32-14-26(25)33(4)28(37)29(2,3)18-9-19(30)11-23(10-18)38-5/h6-11,13-14,21-22,35-36H,12,15-16H2,1-5H3. The summed E-state index contributed by atoms with van der Waals surface area (Å²) >= 11 is 6.30. The zero-order chi connectivity index (χ0) is 27.8. The number of hydrogen-bond donors (Lipinski definition) is 2. The van der Waals surface area contributed by atoms with E-state index in [1.807, 2.05) is 31.7 Å². The van der Waals surface area contributed by atoms with Crippen molar-refractivity contribution < 1.29 is 24.1 Å². The summed E-state index contributed by atoms with van der Waals surface area (Å²) in [6, 6.07) is 11.3. The molecule has 2 atom stereocenters. The van der Waals surface area contributed by atoms with E-state index in [1.165, 1.54) is 12.1 Å². The van der Waals surface area contributed by atoms with Crippen LogP contribution in [0, 0.1) is 12.7 Å². The molecule has 0 saturated carbocycles. The van der Waals surface area contributed by atoms with Gasteiger partial charge in [0.2, 0.25) is 5.91 Å². The van der Waals surface area contributed by atoms with Crippen LogP contribution in [0.2, 0.25) is 5.02 Å². The van der Waals surface area contributed by atoms with Crippen molar-refractivity contribution in [1.82, 2.24) is 4.98 Å². The molecule has 2 N–H and O–H groups in total. The number of nitrogens with zero attached hydrogens (tertiary/aromatic N) is 3. The number of aliphatic hydroxyl groups is 2. The van der Waals surface area contributed by atoms with Crippen LogP contribution in [0.4, 0.5) is 15.9 Å². The van der Waals surface area contributed by atoms with E-state index in [0.29, 0.717) is 51.9 Å². The third-order valence-electron chi connectivity index (χ3n) is 7.27. The van der Waals surface area contributed by atoms with Crippen LogP contribution in [0.3, 0.4) is 0 Å². The van der Waals surface area contributed by atoms with Crippen LogP contribution in [0.5, 0.6) is 5.75 Å². The normalized spacial score (nSPS) is 17.6. The van der Waals surface area contributed by atoms with Gasteiger partial charge in [-0.2, -0.15) is 0 Å². The number of hydrogen-bond acceptors (Lipinski definition) is 6. The van der Waals surface area contributed by atoms with Crippen LogP contribution in [-0.4, -0.2) is 60.6 Å². The topological polar surface area (TPSA) is 86.1 Å². The molecule has 3 aromatic rings. The van der Waals surface area contributed by atoms with Gasteiger partial charge in [-0.05, 0) is 80.3 Å². The van der Waals surface area contributed by atoms with Crippen LogP contribution in [0.25, 0.3) is 11.1 Å². The SMILES string of the molecule is COc1cc(Cl)cc(C(C)(C)C(=O)N(C)c2cnc(N3CC(O)CC3CO)cc2-c2ccc(F)cc2C)c1. The van der Waals surface area contributed by atoms with Crippen LogP contribution >= 0.6 is 11.6 Å². The number of halogens is 2. The van der Waals surface area contributed by atoms with Gasteiger partial charge in [-0.25, -0.2) is 9.37 Å². The highest BCUT2D eigenvalue weighted by molar-refractivity contribution is 6.30. The summed E-state index contributed by atoms with van der Waals surface area (Å²) in [5.41, 5.74) is 2.38. The van der Waals surface area contributed by atoms with Gasteiger partial charge < -0.3 is 24.7 Å². The molecular formula is C29H33ClFN3O4. The van der Waals surface area contributed by atoms with E-state index >= 15 is 0 Å². The highest BCUT2D eigenvalue weighted by atomic mass is 35.5. The van der Waals surface area contributed by atoms with Gasteiger partial charge in [0.15, 0.2) is 0 Å². The lowest BCUT2D eigenvalue weighted by Gasteiger charge is -2.32.